The van der Waals surface area contributed by atoms with Crippen LogP contribution < -0.4 is 10.6 Å². The van der Waals surface area contributed by atoms with E-state index in [1.165, 1.54) is 23.5 Å². The Kier molecular flexibility index (Phi) is 9.45. The number of carbonyl (C=O) groups is 2. The van der Waals surface area contributed by atoms with Gasteiger partial charge in [-0.25, -0.2) is 13.4 Å². The maximum absolute atomic E-state index is 12.4. The van der Waals surface area contributed by atoms with Crippen LogP contribution in [-0.2, 0) is 45.1 Å². The zero-order valence-electron chi connectivity index (χ0n) is 21.3. The molecule has 4 rings (SSSR count). The molecule has 0 bridgehead atoms. The first-order valence-electron chi connectivity index (χ1n) is 12.3. The van der Waals surface area contributed by atoms with Gasteiger partial charge in [0.25, 0.3) is 0 Å². The van der Waals surface area contributed by atoms with Gasteiger partial charge in [-0.05, 0) is 60.2 Å². The summed E-state index contributed by atoms with van der Waals surface area (Å²) in [5.41, 5.74) is 2.52. The molecule has 12 heteroatoms. The molecule has 3 aromatic heterocycles. The molecule has 0 aliphatic rings. The average Bonchev–Trinajstić information content (AvgIpc) is 3.34. The Balaban J connectivity index is 1.16. The van der Waals surface area contributed by atoms with Crippen LogP contribution in [-0.4, -0.2) is 46.7 Å². The lowest BCUT2D eigenvalue weighted by Crippen LogP contribution is -2.15. The summed E-state index contributed by atoms with van der Waals surface area (Å²) in [5.74, 6) is 0.0868. The SMILES string of the molecule is CS(=O)(=O)c1cccc(CC(=O)Nc2nnc(CCCCc3ccc(NC(=O)Cc4cccnc4)nc3)s2)c1. The fraction of sp³-hybridized carbons (Fsp3) is 0.259. The van der Waals surface area contributed by atoms with Crippen LogP contribution in [0.5, 0.6) is 0 Å². The zero-order valence-corrected chi connectivity index (χ0v) is 23.0. The lowest BCUT2D eigenvalue weighted by Gasteiger charge is -2.06. The van der Waals surface area contributed by atoms with Crippen molar-refractivity contribution in [2.75, 3.05) is 16.9 Å². The summed E-state index contributed by atoms with van der Waals surface area (Å²) >= 11 is 1.33. The molecule has 1 aromatic carbocycles. The molecule has 0 aliphatic carbocycles. The van der Waals surface area contributed by atoms with Crippen LogP contribution in [0, 0.1) is 0 Å². The number of hydrogen-bond donors (Lipinski definition) is 2. The molecule has 0 aliphatic heterocycles. The molecule has 0 unspecified atom stereocenters. The van der Waals surface area contributed by atoms with Gasteiger partial charge in [-0.1, -0.05) is 35.6 Å². The van der Waals surface area contributed by atoms with E-state index in [0.717, 1.165) is 48.1 Å². The minimum atomic E-state index is -3.33. The van der Waals surface area contributed by atoms with Gasteiger partial charge in [0.2, 0.25) is 16.9 Å². The largest absolute Gasteiger partial charge is 0.310 e. The molecule has 0 saturated carbocycles. The first-order chi connectivity index (χ1) is 18.7. The average molecular weight is 565 g/mol. The quantitative estimate of drug-likeness (QED) is 0.248. The van der Waals surface area contributed by atoms with Gasteiger partial charge in [0.05, 0.1) is 17.7 Å². The van der Waals surface area contributed by atoms with Gasteiger partial charge in [0, 0.05) is 31.3 Å². The van der Waals surface area contributed by atoms with Crippen molar-refractivity contribution < 1.29 is 18.0 Å². The summed E-state index contributed by atoms with van der Waals surface area (Å²) in [5, 5.41) is 15.0. The van der Waals surface area contributed by atoms with Gasteiger partial charge >= 0.3 is 0 Å². The summed E-state index contributed by atoms with van der Waals surface area (Å²) < 4.78 is 23.4. The van der Waals surface area contributed by atoms with Crippen molar-refractivity contribution in [3.05, 3.63) is 88.8 Å². The van der Waals surface area contributed by atoms with Crippen LogP contribution in [0.4, 0.5) is 10.9 Å². The Morgan fingerprint density at radius 3 is 2.36 bits per heavy atom. The molecule has 2 N–H and O–H groups in total. The van der Waals surface area contributed by atoms with E-state index in [-0.39, 0.29) is 29.6 Å². The third-order valence-corrected chi connectivity index (χ3v) is 7.70. The number of unbranched alkanes of at least 4 members (excludes halogenated alkanes) is 1. The Labute approximate surface area is 230 Å². The molecule has 0 atom stereocenters. The topological polar surface area (TPSA) is 144 Å². The summed E-state index contributed by atoms with van der Waals surface area (Å²) in [7, 11) is -3.33. The fourth-order valence-corrected chi connectivity index (χ4v) is 5.26. The standard InChI is InChI=1S/C27H28N6O4S2/c1-39(36,37)22-9-4-7-20(14-22)15-25(35)31-27-33-32-26(38-27)10-3-2-6-19-11-12-23(29-18-19)30-24(34)16-21-8-5-13-28-17-21/h4-5,7-9,11-14,17-18H,2-3,6,10,15-16H2,1H3,(H,29,30,34)(H,31,33,35). The maximum Gasteiger partial charge on any atom is 0.230 e. The van der Waals surface area contributed by atoms with Crippen LogP contribution in [0.3, 0.4) is 0 Å². The van der Waals surface area contributed by atoms with Crippen molar-refractivity contribution in [2.24, 2.45) is 0 Å². The molecular weight excluding hydrogens is 536 g/mol. The lowest BCUT2D eigenvalue weighted by atomic mass is 10.1. The number of amides is 2. The summed E-state index contributed by atoms with van der Waals surface area (Å²) in [6.07, 6.45) is 9.91. The summed E-state index contributed by atoms with van der Waals surface area (Å²) in [6.45, 7) is 0. The van der Waals surface area contributed by atoms with Crippen molar-refractivity contribution in [1.82, 2.24) is 20.2 Å². The molecule has 202 valence electrons. The van der Waals surface area contributed by atoms with Crippen LogP contribution >= 0.6 is 11.3 Å². The maximum atomic E-state index is 12.4. The number of rotatable bonds is 12. The predicted molar refractivity (Wildman–Crippen MR) is 149 cm³/mol. The highest BCUT2D eigenvalue weighted by Crippen LogP contribution is 2.19. The number of anilines is 2. The second kappa shape index (κ2) is 13.2. The number of nitrogens with zero attached hydrogens (tertiary/aromatic N) is 4. The Morgan fingerprint density at radius 2 is 1.62 bits per heavy atom. The van der Waals surface area contributed by atoms with Gasteiger partial charge < -0.3 is 10.6 Å². The number of carbonyl (C=O) groups excluding carboxylic acids is 2. The molecule has 0 saturated heterocycles. The summed E-state index contributed by atoms with van der Waals surface area (Å²) in [6, 6.07) is 13.7. The third-order valence-electron chi connectivity index (χ3n) is 5.69. The van der Waals surface area contributed by atoms with E-state index < -0.39 is 9.84 Å². The highest BCUT2D eigenvalue weighted by atomic mass is 32.2. The first kappa shape index (κ1) is 28.0. The smallest absolute Gasteiger partial charge is 0.230 e. The number of pyridine rings is 2. The minimum Gasteiger partial charge on any atom is -0.310 e. The number of benzene rings is 1. The zero-order chi connectivity index (χ0) is 27.7. The first-order valence-corrected chi connectivity index (χ1v) is 15.0. The molecular formula is C27H28N6O4S2. The highest BCUT2D eigenvalue weighted by Gasteiger charge is 2.12. The molecule has 4 aromatic rings. The van der Waals surface area contributed by atoms with E-state index in [9.17, 15) is 18.0 Å². The normalized spacial score (nSPS) is 11.2. The van der Waals surface area contributed by atoms with Crippen LogP contribution in [0.15, 0.2) is 72.0 Å². The Bertz CT molecular complexity index is 1520. The van der Waals surface area contributed by atoms with Crippen LogP contribution in [0.1, 0.15) is 34.5 Å². The van der Waals surface area contributed by atoms with Gasteiger partial charge in [-0.3, -0.25) is 14.6 Å². The second-order valence-corrected chi connectivity index (χ2v) is 12.1. The van der Waals surface area contributed by atoms with E-state index >= 15 is 0 Å². The molecule has 0 radical (unpaired) electrons. The minimum absolute atomic E-state index is 0.0410. The van der Waals surface area contributed by atoms with Crippen molar-refractivity contribution in [1.29, 1.82) is 0 Å². The Morgan fingerprint density at radius 1 is 0.846 bits per heavy atom. The van der Waals surface area contributed by atoms with Gasteiger partial charge in [0.15, 0.2) is 9.84 Å². The molecule has 39 heavy (non-hydrogen) atoms. The van der Waals surface area contributed by atoms with Gasteiger partial charge in [-0.2, -0.15) is 0 Å². The molecule has 3 heterocycles. The number of aromatic nitrogens is 4. The summed E-state index contributed by atoms with van der Waals surface area (Å²) in [4.78, 5) is 33.1. The van der Waals surface area contributed by atoms with E-state index in [4.69, 9.17) is 0 Å². The molecule has 10 nitrogen and oxygen atoms in total. The number of sulfone groups is 1. The number of nitrogens with one attached hydrogen (secondary N) is 2. The van der Waals surface area contributed by atoms with E-state index in [2.05, 4.69) is 30.8 Å². The lowest BCUT2D eigenvalue weighted by molar-refractivity contribution is -0.116. The molecule has 0 fully saturated rings. The van der Waals surface area contributed by atoms with E-state index in [0.29, 0.717) is 16.5 Å². The third kappa shape index (κ3) is 9.04. The van der Waals surface area contributed by atoms with Crippen molar-refractivity contribution in [3.63, 3.8) is 0 Å². The highest BCUT2D eigenvalue weighted by molar-refractivity contribution is 7.90. The molecule has 0 spiro atoms. The number of hydrogen-bond acceptors (Lipinski definition) is 9. The number of aryl methyl sites for hydroxylation is 2. The molecule has 2 amide bonds. The van der Waals surface area contributed by atoms with Crippen molar-refractivity contribution in [3.8, 4) is 0 Å². The monoisotopic (exact) mass is 564 g/mol. The predicted octanol–water partition coefficient (Wildman–Crippen LogP) is 3.66. The van der Waals surface area contributed by atoms with Gasteiger partial charge in [0.1, 0.15) is 10.8 Å². The van der Waals surface area contributed by atoms with E-state index in [1.54, 1.807) is 42.9 Å². The fourth-order valence-electron chi connectivity index (χ4n) is 3.77. The van der Waals surface area contributed by atoms with Crippen LogP contribution in [0.2, 0.25) is 0 Å². The van der Waals surface area contributed by atoms with Crippen molar-refractivity contribution >= 4 is 43.9 Å². The Hall–Kier alpha value is -4.03. The van der Waals surface area contributed by atoms with Crippen molar-refractivity contribution in [2.45, 2.75) is 43.4 Å². The van der Waals surface area contributed by atoms with Crippen LogP contribution in [0.25, 0.3) is 0 Å². The van der Waals surface area contributed by atoms with E-state index in [1.807, 2.05) is 12.1 Å². The van der Waals surface area contributed by atoms with Gasteiger partial charge in [-0.15, -0.1) is 10.2 Å². The second-order valence-electron chi connectivity index (χ2n) is 8.99.